The van der Waals surface area contributed by atoms with Gasteiger partial charge in [-0.1, -0.05) is 35.9 Å². The number of carbonyl (C=O) groups excluding carboxylic acids is 1. The Morgan fingerprint density at radius 2 is 1.66 bits per heavy atom. The van der Waals surface area contributed by atoms with Crippen molar-refractivity contribution in [2.24, 2.45) is 0 Å². The van der Waals surface area contributed by atoms with Gasteiger partial charge < -0.3 is 10.1 Å². The second-order valence-electron chi connectivity index (χ2n) is 6.81. The number of ether oxygens (including phenoxy) is 1. The van der Waals surface area contributed by atoms with Crippen molar-refractivity contribution in [3.63, 3.8) is 0 Å². The molecule has 0 spiro atoms. The lowest BCUT2D eigenvalue weighted by Gasteiger charge is -2.10. The molecule has 3 aromatic carbocycles. The second-order valence-corrected chi connectivity index (χ2v) is 7.21. The van der Waals surface area contributed by atoms with Gasteiger partial charge in [0.2, 0.25) is 0 Å². The maximum absolute atomic E-state index is 12.3. The van der Waals surface area contributed by atoms with E-state index in [1.807, 2.05) is 62.4 Å². The Morgan fingerprint density at radius 3 is 2.34 bits per heavy atom. The summed E-state index contributed by atoms with van der Waals surface area (Å²) < 4.78 is 5.60. The van der Waals surface area contributed by atoms with Gasteiger partial charge in [0.1, 0.15) is 16.8 Å². The maximum atomic E-state index is 12.3. The highest BCUT2D eigenvalue weighted by molar-refractivity contribution is 6.34. The number of fused-ring (bicyclic) bond motifs is 1. The van der Waals surface area contributed by atoms with Crippen LogP contribution in [0.25, 0.3) is 16.7 Å². The van der Waals surface area contributed by atoms with E-state index in [9.17, 15) is 4.79 Å². The van der Waals surface area contributed by atoms with Gasteiger partial charge in [-0.3, -0.25) is 4.79 Å². The summed E-state index contributed by atoms with van der Waals surface area (Å²) in [5.41, 5.74) is 4.73. The number of para-hydroxylation sites is 1. The molecule has 6 nitrogen and oxygen atoms in total. The van der Waals surface area contributed by atoms with Gasteiger partial charge in [-0.05, 0) is 61.4 Å². The smallest absolute Gasteiger partial charge is 0.262 e. The van der Waals surface area contributed by atoms with Crippen LogP contribution in [0.4, 0.5) is 5.69 Å². The van der Waals surface area contributed by atoms with Gasteiger partial charge in [-0.15, -0.1) is 10.2 Å². The molecule has 0 fully saturated rings. The predicted molar refractivity (Wildman–Crippen MR) is 114 cm³/mol. The molecule has 0 atom stereocenters. The number of nitrogens with one attached hydrogen (secondary N) is 1. The SMILES string of the molecule is Cc1cc(C)cc(OCC(=O)Nc2cc3nn(-c4ccccc4)nc3cc2Cl)c1. The van der Waals surface area contributed by atoms with Crippen LogP contribution in [0.15, 0.2) is 60.7 Å². The third-order valence-electron chi connectivity index (χ3n) is 4.30. The highest BCUT2D eigenvalue weighted by Gasteiger charge is 2.12. The van der Waals surface area contributed by atoms with Crippen LogP contribution < -0.4 is 10.1 Å². The van der Waals surface area contributed by atoms with Crippen molar-refractivity contribution in [2.45, 2.75) is 13.8 Å². The minimum absolute atomic E-state index is 0.117. The van der Waals surface area contributed by atoms with Crippen molar-refractivity contribution in [2.75, 3.05) is 11.9 Å². The number of halogens is 1. The molecule has 1 aromatic heterocycles. The molecule has 0 saturated carbocycles. The Kier molecular flexibility index (Phi) is 5.18. The first-order chi connectivity index (χ1) is 14.0. The maximum Gasteiger partial charge on any atom is 0.262 e. The zero-order valence-electron chi connectivity index (χ0n) is 16.0. The molecule has 146 valence electrons. The van der Waals surface area contributed by atoms with Gasteiger partial charge in [0.05, 0.1) is 16.4 Å². The fourth-order valence-corrected chi connectivity index (χ4v) is 3.27. The van der Waals surface area contributed by atoms with Crippen LogP contribution >= 0.6 is 11.6 Å². The first kappa shape index (κ1) is 19.0. The molecular formula is C22H19ClN4O2. The summed E-state index contributed by atoms with van der Waals surface area (Å²) >= 11 is 6.33. The van der Waals surface area contributed by atoms with Crippen LogP contribution in [0.3, 0.4) is 0 Å². The third kappa shape index (κ3) is 4.38. The fraction of sp³-hybridized carbons (Fsp3) is 0.136. The molecule has 0 radical (unpaired) electrons. The van der Waals surface area contributed by atoms with Gasteiger partial charge in [0.25, 0.3) is 5.91 Å². The van der Waals surface area contributed by atoms with Crippen molar-refractivity contribution in [1.82, 2.24) is 15.0 Å². The number of aromatic nitrogens is 3. The summed E-state index contributed by atoms with van der Waals surface area (Å²) in [4.78, 5) is 13.9. The van der Waals surface area contributed by atoms with Crippen LogP contribution in [-0.2, 0) is 4.79 Å². The number of aryl methyl sites for hydroxylation is 2. The Balaban J connectivity index is 1.49. The molecule has 0 bridgehead atoms. The number of benzene rings is 3. The molecule has 4 aromatic rings. The lowest BCUT2D eigenvalue weighted by atomic mass is 10.1. The molecule has 4 rings (SSSR count). The van der Waals surface area contributed by atoms with Gasteiger partial charge in [-0.25, -0.2) is 0 Å². The van der Waals surface area contributed by atoms with E-state index in [1.165, 1.54) is 4.80 Å². The quantitative estimate of drug-likeness (QED) is 0.521. The monoisotopic (exact) mass is 406 g/mol. The van der Waals surface area contributed by atoms with E-state index in [-0.39, 0.29) is 12.5 Å². The molecule has 7 heteroatoms. The van der Waals surface area contributed by atoms with Crippen molar-refractivity contribution in [3.05, 3.63) is 76.8 Å². The number of carbonyl (C=O) groups is 1. The summed E-state index contributed by atoms with van der Waals surface area (Å²) in [7, 11) is 0. The predicted octanol–water partition coefficient (Wildman–Crippen LogP) is 4.71. The van der Waals surface area contributed by atoms with Crippen LogP contribution in [0.5, 0.6) is 5.75 Å². The zero-order chi connectivity index (χ0) is 20.4. The molecular weight excluding hydrogens is 388 g/mol. The van der Waals surface area contributed by atoms with E-state index in [1.54, 1.807) is 12.1 Å². The summed E-state index contributed by atoms with van der Waals surface area (Å²) in [5, 5.41) is 12.1. The van der Waals surface area contributed by atoms with Gasteiger partial charge >= 0.3 is 0 Å². The fourth-order valence-electron chi connectivity index (χ4n) is 3.06. The Labute approximate surface area is 173 Å². The van der Waals surface area contributed by atoms with Gasteiger partial charge in [0.15, 0.2) is 6.61 Å². The molecule has 29 heavy (non-hydrogen) atoms. The van der Waals surface area contributed by atoms with Crippen LogP contribution in [-0.4, -0.2) is 27.5 Å². The molecule has 1 amide bonds. The topological polar surface area (TPSA) is 69.0 Å². The zero-order valence-corrected chi connectivity index (χ0v) is 16.8. The standard InChI is InChI=1S/C22H19ClN4O2/c1-14-8-15(2)10-17(9-14)29-13-22(28)24-19-12-21-20(11-18(19)23)25-27(26-21)16-6-4-3-5-7-16/h3-12H,13H2,1-2H3,(H,24,28). The van der Waals surface area contributed by atoms with E-state index < -0.39 is 0 Å². The summed E-state index contributed by atoms with van der Waals surface area (Å²) in [6.45, 7) is 3.85. The number of nitrogens with zero attached hydrogens (tertiary/aromatic N) is 3. The number of amides is 1. The molecule has 0 aliphatic heterocycles. The van der Waals surface area contributed by atoms with E-state index in [0.717, 1.165) is 16.8 Å². The van der Waals surface area contributed by atoms with Crippen LogP contribution in [0.1, 0.15) is 11.1 Å². The number of hydrogen-bond acceptors (Lipinski definition) is 4. The van der Waals surface area contributed by atoms with Crippen molar-refractivity contribution in [3.8, 4) is 11.4 Å². The number of anilines is 1. The van der Waals surface area contributed by atoms with Crippen molar-refractivity contribution >= 4 is 34.2 Å². The molecule has 1 N–H and O–H groups in total. The molecule has 0 aliphatic rings. The Bertz CT molecular complexity index is 1170. The van der Waals surface area contributed by atoms with Crippen molar-refractivity contribution in [1.29, 1.82) is 0 Å². The van der Waals surface area contributed by atoms with Crippen molar-refractivity contribution < 1.29 is 9.53 Å². The molecule has 1 heterocycles. The molecule has 0 unspecified atom stereocenters. The first-order valence-electron chi connectivity index (χ1n) is 9.11. The molecule has 0 saturated heterocycles. The Morgan fingerprint density at radius 1 is 1.00 bits per heavy atom. The lowest BCUT2D eigenvalue weighted by Crippen LogP contribution is -2.20. The van der Waals surface area contributed by atoms with E-state index >= 15 is 0 Å². The van der Waals surface area contributed by atoms with E-state index in [4.69, 9.17) is 16.3 Å². The van der Waals surface area contributed by atoms with Gasteiger partial charge in [0, 0.05) is 0 Å². The van der Waals surface area contributed by atoms with Gasteiger partial charge in [-0.2, -0.15) is 4.80 Å². The highest BCUT2D eigenvalue weighted by Crippen LogP contribution is 2.27. The Hall–Kier alpha value is -3.38. The van der Waals surface area contributed by atoms with E-state index in [2.05, 4.69) is 15.5 Å². The average Bonchev–Trinajstić information content (AvgIpc) is 3.09. The molecule has 0 aliphatic carbocycles. The average molecular weight is 407 g/mol. The largest absolute Gasteiger partial charge is 0.484 e. The first-order valence-corrected chi connectivity index (χ1v) is 9.49. The third-order valence-corrected chi connectivity index (χ3v) is 4.61. The van der Waals surface area contributed by atoms with E-state index in [0.29, 0.717) is 27.5 Å². The minimum atomic E-state index is -0.305. The number of hydrogen-bond donors (Lipinski definition) is 1. The summed E-state index contributed by atoms with van der Waals surface area (Å²) in [6, 6.07) is 18.8. The summed E-state index contributed by atoms with van der Waals surface area (Å²) in [6.07, 6.45) is 0. The normalized spacial score (nSPS) is 10.9. The van der Waals surface area contributed by atoms with Crippen LogP contribution in [0, 0.1) is 13.8 Å². The second kappa shape index (κ2) is 7.93. The summed E-state index contributed by atoms with van der Waals surface area (Å²) in [5.74, 6) is 0.353. The van der Waals surface area contributed by atoms with Crippen LogP contribution in [0.2, 0.25) is 5.02 Å². The minimum Gasteiger partial charge on any atom is -0.484 e. The number of rotatable bonds is 5. The highest BCUT2D eigenvalue weighted by atomic mass is 35.5. The lowest BCUT2D eigenvalue weighted by molar-refractivity contribution is -0.118.